The van der Waals surface area contributed by atoms with Crippen molar-refractivity contribution < 1.29 is 17.5 Å². The van der Waals surface area contributed by atoms with E-state index < -0.39 is 15.0 Å². The fourth-order valence-electron chi connectivity index (χ4n) is 1.88. The molecule has 0 fully saturated rings. The molecule has 0 unspecified atom stereocenters. The smallest absolute Gasteiger partial charge is 0.306 e. The maximum Gasteiger partial charge on any atom is 0.306 e. The SMILES string of the molecule is Cc1cc([N+](=O)[O-])c2ccccc2c1OS(C)(=O)=O. The fourth-order valence-corrected chi connectivity index (χ4v) is 2.40. The Morgan fingerprint density at radius 3 is 2.32 bits per heavy atom. The lowest BCUT2D eigenvalue weighted by Crippen LogP contribution is -2.07. The lowest BCUT2D eigenvalue weighted by atomic mass is 10.0. The third-order valence-corrected chi connectivity index (χ3v) is 3.06. The van der Waals surface area contributed by atoms with E-state index in [1.165, 1.54) is 6.07 Å². The van der Waals surface area contributed by atoms with Gasteiger partial charge in [-0.15, -0.1) is 0 Å². The van der Waals surface area contributed by atoms with E-state index in [0.29, 0.717) is 16.3 Å². The zero-order chi connectivity index (χ0) is 14.2. The molecule has 2 rings (SSSR count). The number of rotatable bonds is 3. The zero-order valence-electron chi connectivity index (χ0n) is 10.3. The van der Waals surface area contributed by atoms with Crippen molar-refractivity contribution in [3.63, 3.8) is 0 Å². The Morgan fingerprint density at radius 2 is 1.79 bits per heavy atom. The average molecular weight is 281 g/mol. The summed E-state index contributed by atoms with van der Waals surface area (Å²) in [7, 11) is -3.69. The van der Waals surface area contributed by atoms with Gasteiger partial charge in [0, 0.05) is 17.0 Å². The minimum absolute atomic E-state index is 0.0750. The summed E-state index contributed by atoms with van der Waals surface area (Å²) in [4.78, 5) is 10.5. The van der Waals surface area contributed by atoms with E-state index in [0.717, 1.165) is 6.26 Å². The number of hydrogen-bond acceptors (Lipinski definition) is 5. The third kappa shape index (κ3) is 2.65. The molecule has 2 aromatic carbocycles. The number of nitrogens with zero attached hydrogens (tertiary/aromatic N) is 1. The van der Waals surface area contributed by atoms with Crippen LogP contribution >= 0.6 is 0 Å². The molecule has 0 radical (unpaired) electrons. The maximum atomic E-state index is 11.3. The quantitative estimate of drug-likeness (QED) is 0.490. The van der Waals surface area contributed by atoms with Gasteiger partial charge in [0.25, 0.3) is 5.69 Å². The molecule has 0 atom stereocenters. The first-order valence-corrected chi connectivity index (χ1v) is 7.17. The molecule has 2 aromatic rings. The van der Waals surface area contributed by atoms with Crippen LogP contribution in [0.25, 0.3) is 10.8 Å². The first-order valence-electron chi connectivity index (χ1n) is 5.36. The second kappa shape index (κ2) is 4.51. The van der Waals surface area contributed by atoms with Crippen LogP contribution in [0.3, 0.4) is 0 Å². The highest BCUT2D eigenvalue weighted by Crippen LogP contribution is 2.36. The summed E-state index contributed by atoms with van der Waals surface area (Å²) in [5.41, 5.74) is 0.324. The van der Waals surface area contributed by atoms with Gasteiger partial charge in [0.2, 0.25) is 0 Å². The highest BCUT2D eigenvalue weighted by Gasteiger charge is 2.19. The predicted molar refractivity (Wildman–Crippen MR) is 70.8 cm³/mol. The number of aryl methyl sites for hydroxylation is 1. The van der Waals surface area contributed by atoms with Crippen molar-refractivity contribution in [3.05, 3.63) is 46.0 Å². The molecule has 0 aliphatic carbocycles. The standard InChI is InChI=1S/C12H11NO5S/c1-8-7-11(13(14)15)9-5-3-4-6-10(9)12(8)18-19(2,16)17/h3-7H,1-2H3. The summed E-state index contributed by atoms with van der Waals surface area (Å²) in [6.07, 6.45) is 0.933. The largest absolute Gasteiger partial charge is 0.382 e. The molecule has 0 heterocycles. The van der Waals surface area contributed by atoms with Crippen LogP contribution in [0, 0.1) is 17.0 Å². The molecule has 19 heavy (non-hydrogen) atoms. The molecule has 6 nitrogen and oxygen atoms in total. The molecule has 0 amide bonds. The second-order valence-corrected chi connectivity index (χ2v) is 5.71. The summed E-state index contributed by atoms with van der Waals surface area (Å²) in [6, 6.07) is 7.77. The monoisotopic (exact) mass is 281 g/mol. The van der Waals surface area contributed by atoms with Crippen LogP contribution < -0.4 is 4.18 Å². The van der Waals surface area contributed by atoms with Gasteiger partial charge in [0.1, 0.15) is 0 Å². The van der Waals surface area contributed by atoms with Crippen LogP contribution in [0.4, 0.5) is 5.69 Å². The van der Waals surface area contributed by atoms with Crippen LogP contribution in [0.5, 0.6) is 5.75 Å². The summed E-state index contributed by atoms with van der Waals surface area (Å²) in [5.74, 6) is 0.128. The lowest BCUT2D eigenvalue weighted by Gasteiger charge is -2.10. The highest BCUT2D eigenvalue weighted by atomic mass is 32.2. The summed E-state index contributed by atoms with van der Waals surface area (Å²) in [6.45, 7) is 1.57. The van der Waals surface area contributed by atoms with Crippen LogP contribution in [0.2, 0.25) is 0 Å². The van der Waals surface area contributed by atoms with Gasteiger partial charge in [0.05, 0.1) is 16.6 Å². The molecule has 0 bridgehead atoms. The van der Waals surface area contributed by atoms with Gasteiger partial charge in [-0.25, -0.2) is 0 Å². The topological polar surface area (TPSA) is 86.5 Å². The number of benzene rings is 2. The van der Waals surface area contributed by atoms with Gasteiger partial charge >= 0.3 is 10.1 Å². The Hall–Kier alpha value is -2.15. The van der Waals surface area contributed by atoms with E-state index in [4.69, 9.17) is 4.18 Å². The Morgan fingerprint density at radius 1 is 1.21 bits per heavy atom. The van der Waals surface area contributed by atoms with Crippen molar-refractivity contribution in [1.82, 2.24) is 0 Å². The molecule has 100 valence electrons. The Balaban J connectivity index is 2.83. The number of nitro groups is 1. The van der Waals surface area contributed by atoms with E-state index in [1.54, 1.807) is 31.2 Å². The van der Waals surface area contributed by atoms with Gasteiger partial charge < -0.3 is 4.18 Å². The van der Waals surface area contributed by atoms with Gasteiger partial charge in [-0.2, -0.15) is 8.42 Å². The lowest BCUT2D eigenvalue weighted by molar-refractivity contribution is -0.383. The van der Waals surface area contributed by atoms with Crippen molar-refractivity contribution in [2.24, 2.45) is 0 Å². The average Bonchev–Trinajstić information content (AvgIpc) is 2.31. The van der Waals surface area contributed by atoms with Crippen molar-refractivity contribution in [1.29, 1.82) is 0 Å². The highest BCUT2D eigenvalue weighted by molar-refractivity contribution is 7.86. The fraction of sp³-hybridized carbons (Fsp3) is 0.167. The molecule has 7 heteroatoms. The molecule has 0 aliphatic heterocycles. The third-order valence-electron chi connectivity index (χ3n) is 2.59. The van der Waals surface area contributed by atoms with Crippen LogP contribution in [-0.2, 0) is 10.1 Å². The molecule has 0 saturated carbocycles. The van der Waals surface area contributed by atoms with E-state index >= 15 is 0 Å². The first kappa shape index (κ1) is 13.3. The minimum Gasteiger partial charge on any atom is -0.382 e. The van der Waals surface area contributed by atoms with Crippen molar-refractivity contribution in [2.45, 2.75) is 6.92 Å². The normalized spacial score (nSPS) is 11.5. The Labute approximate surface area is 109 Å². The number of nitro benzene ring substituents is 1. The van der Waals surface area contributed by atoms with Gasteiger partial charge in [-0.05, 0) is 13.0 Å². The summed E-state index contributed by atoms with van der Waals surface area (Å²) >= 11 is 0. The van der Waals surface area contributed by atoms with Crippen LogP contribution in [0.15, 0.2) is 30.3 Å². The number of non-ortho nitro benzene ring substituents is 1. The molecule has 0 saturated heterocycles. The summed E-state index contributed by atoms with van der Waals surface area (Å²) < 4.78 is 27.4. The van der Waals surface area contributed by atoms with Crippen molar-refractivity contribution >= 4 is 26.6 Å². The van der Waals surface area contributed by atoms with E-state index in [1.807, 2.05) is 0 Å². The maximum absolute atomic E-state index is 11.3. The van der Waals surface area contributed by atoms with Gasteiger partial charge in [-0.1, -0.05) is 18.2 Å². The van der Waals surface area contributed by atoms with Gasteiger partial charge in [-0.3, -0.25) is 10.1 Å². The molecule has 0 spiro atoms. The van der Waals surface area contributed by atoms with Crippen molar-refractivity contribution in [3.8, 4) is 5.75 Å². The first-order chi connectivity index (χ1) is 8.79. The van der Waals surface area contributed by atoms with E-state index in [-0.39, 0.29) is 11.4 Å². The Bertz CT molecular complexity index is 767. The van der Waals surface area contributed by atoms with Crippen LogP contribution in [-0.4, -0.2) is 19.6 Å². The van der Waals surface area contributed by atoms with E-state index in [9.17, 15) is 18.5 Å². The second-order valence-electron chi connectivity index (χ2n) is 4.13. The minimum atomic E-state index is -3.69. The number of hydrogen-bond donors (Lipinski definition) is 0. The van der Waals surface area contributed by atoms with Gasteiger partial charge in [0.15, 0.2) is 5.75 Å². The molecular formula is C12H11NO5S. The molecule has 0 N–H and O–H groups in total. The zero-order valence-corrected chi connectivity index (χ0v) is 11.1. The van der Waals surface area contributed by atoms with Crippen molar-refractivity contribution in [2.75, 3.05) is 6.26 Å². The predicted octanol–water partition coefficient (Wildman–Crippen LogP) is 2.39. The molecule has 0 aliphatic rings. The summed E-state index contributed by atoms with van der Waals surface area (Å²) in [5, 5.41) is 11.8. The molecule has 0 aromatic heterocycles. The molecular weight excluding hydrogens is 270 g/mol. The number of fused-ring (bicyclic) bond motifs is 1. The van der Waals surface area contributed by atoms with E-state index in [2.05, 4.69) is 0 Å². The van der Waals surface area contributed by atoms with Crippen LogP contribution in [0.1, 0.15) is 5.56 Å². The Kier molecular flexibility index (Phi) is 3.15.